The maximum atomic E-state index is 14.5. The topological polar surface area (TPSA) is 55.0 Å². The lowest BCUT2D eigenvalue weighted by Crippen LogP contribution is -2.08. The molecule has 0 aliphatic rings. The third-order valence-electron chi connectivity index (χ3n) is 4.39. The van der Waals surface area contributed by atoms with Gasteiger partial charge in [0.2, 0.25) is 5.78 Å². The van der Waals surface area contributed by atoms with Gasteiger partial charge in [-0.2, -0.15) is 0 Å². The van der Waals surface area contributed by atoms with Gasteiger partial charge in [0.05, 0.1) is 12.7 Å². The molecule has 2 aromatic heterocycles. The van der Waals surface area contributed by atoms with E-state index in [0.29, 0.717) is 11.0 Å². The molecule has 0 fully saturated rings. The van der Waals surface area contributed by atoms with Crippen molar-refractivity contribution in [3.63, 3.8) is 0 Å². The molecule has 0 atom stereocenters. The van der Waals surface area contributed by atoms with Crippen LogP contribution in [-0.2, 0) is 0 Å². The quantitative estimate of drug-likeness (QED) is 0.532. The van der Waals surface area contributed by atoms with Crippen molar-refractivity contribution in [2.45, 2.75) is 0 Å². The van der Waals surface area contributed by atoms with Crippen LogP contribution in [0.4, 0.5) is 8.78 Å². The molecule has 2 heterocycles. The Morgan fingerprint density at radius 3 is 2.59 bits per heavy atom. The summed E-state index contributed by atoms with van der Waals surface area (Å²) in [7, 11) is 1.26. The molecular formula is C21H14F2N2O2. The maximum Gasteiger partial charge on any atom is 0.201 e. The highest BCUT2D eigenvalue weighted by molar-refractivity contribution is 6.16. The number of methoxy groups -OCH3 is 1. The molecule has 134 valence electrons. The number of carbonyl (C=O) groups is 1. The summed E-state index contributed by atoms with van der Waals surface area (Å²) in [5.74, 6) is -2.94. The van der Waals surface area contributed by atoms with Crippen molar-refractivity contribution in [3.8, 4) is 16.9 Å². The molecule has 0 saturated heterocycles. The number of fused-ring (bicyclic) bond motifs is 1. The van der Waals surface area contributed by atoms with Gasteiger partial charge in [-0.25, -0.2) is 13.8 Å². The summed E-state index contributed by atoms with van der Waals surface area (Å²) in [5, 5.41) is 0.489. The summed E-state index contributed by atoms with van der Waals surface area (Å²) < 4.78 is 33.6. The number of aromatic amines is 1. The Hall–Kier alpha value is -3.54. The number of halogens is 2. The van der Waals surface area contributed by atoms with E-state index in [9.17, 15) is 13.6 Å². The smallest absolute Gasteiger partial charge is 0.201 e. The average Bonchev–Trinajstić information content (AvgIpc) is 3.12. The van der Waals surface area contributed by atoms with Gasteiger partial charge in [-0.3, -0.25) is 4.79 Å². The molecule has 0 amide bonds. The summed E-state index contributed by atoms with van der Waals surface area (Å²) in [5.41, 5.74) is 1.66. The molecule has 0 unspecified atom stereocenters. The van der Waals surface area contributed by atoms with Crippen molar-refractivity contribution >= 4 is 16.8 Å². The van der Waals surface area contributed by atoms with Gasteiger partial charge in [-0.05, 0) is 23.8 Å². The molecule has 27 heavy (non-hydrogen) atoms. The van der Waals surface area contributed by atoms with Crippen LogP contribution < -0.4 is 4.74 Å². The molecule has 1 N–H and O–H groups in total. The number of hydrogen-bond donors (Lipinski definition) is 1. The Morgan fingerprint density at radius 2 is 1.85 bits per heavy atom. The molecule has 0 spiro atoms. The van der Waals surface area contributed by atoms with E-state index >= 15 is 0 Å². The number of nitrogens with one attached hydrogen (secondary N) is 1. The normalized spacial score (nSPS) is 10.9. The van der Waals surface area contributed by atoms with Gasteiger partial charge in [-0.15, -0.1) is 0 Å². The third kappa shape index (κ3) is 2.85. The summed E-state index contributed by atoms with van der Waals surface area (Å²) in [6.45, 7) is 0. The highest BCUT2D eigenvalue weighted by Crippen LogP contribution is 2.29. The minimum atomic E-state index is -1.02. The Morgan fingerprint density at radius 1 is 1.07 bits per heavy atom. The fourth-order valence-corrected chi connectivity index (χ4v) is 3.01. The van der Waals surface area contributed by atoms with E-state index < -0.39 is 23.0 Å². The monoisotopic (exact) mass is 364 g/mol. The van der Waals surface area contributed by atoms with Gasteiger partial charge in [0, 0.05) is 28.9 Å². The number of aromatic nitrogens is 2. The first-order chi connectivity index (χ1) is 13.1. The van der Waals surface area contributed by atoms with Crippen LogP contribution in [0.2, 0.25) is 0 Å². The second-order valence-electron chi connectivity index (χ2n) is 5.96. The molecule has 6 heteroatoms. The molecule has 0 bridgehead atoms. The summed E-state index contributed by atoms with van der Waals surface area (Å²) in [6.07, 6.45) is 3.09. The molecule has 4 nitrogen and oxygen atoms in total. The molecule has 0 aliphatic heterocycles. The summed E-state index contributed by atoms with van der Waals surface area (Å²) >= 11 is 0. The fraction of sp³-hybridized carbons (Fsp3) is 0.0476. The number of benzene rings is 2. The Labute approximate surface area is 153 Å². The molecule has 2 aromatic carbocycles. The molecular weight excluding hydrogens is 350 g/mol. The van der Waals surface area contributed by atoms with Crippen molar-refractivity contribution < 1.29 is 18.3 Å². The lowest BCUT2D eigenvalue weighted by atomic mass is 10.00. The Kier molecular flexibility index (Phi) is 4.16. The van der Waals surface area contributed by atoms with Gasteiger partial charge in [0.1, 0.15) is 11.5 Å². The van der Waals surface area contributed by atoms with Crippen LogP contribution in [0.15, 0.2) is 60.9 Å². The number of hydrogen-bond acceptors (Lipinski definition) is 3. The van der Waals surface area contributed by atoms with E-state index in [2.05, 4.69) is 9.97 Å². The lowest BCUT2D eigenvalue weighted by molar-refractivity contribution is 0.103. The Balaban J connectivity index is 1.86. The van der Waals surface area contributed by atoms with Gasteiger partial charge in [0.15, 0.2) is 11.6 Å². The number of nitrogens with zero attached hydrogens (tertiary/aromatic N) is 1. The van der Waals surface area contributed by atoms with Gasteiger partial charge in [-0.1, -0.05) is 30.3 Å². The number of pyridine rings is 1. The largest absolute Gasteiger partial charge is 0.494 e. The second kappa shape index (κ2) is 6.64. The van der Waals surface area contributed by atoms with Gasteiger partial charge < -0.3 is 9.72 Å². The van der Waals surface area contributed by atoms with Crippen LogP contribution in [0, 0.1) is 11.6 Å². The first-order valence-electron chi connectivity index (χ1n) is 8.19. The van der Waals surface area contributed by atoms with Crippen LogP contribution in [0.25, 0.3) is 22.2 Å². The van der Waals surface area contributed by atoms with E-state index in [4.69, 9.17) is 4.74 Å². The molecule has 4 aromatic rings. The van der Waals surface area contributed by atoms with E-state index in [-0.39, 0.29) is 11.3 Å². The first-order valence-corrected chi connectivity index (χ1v) is 8.19. The number of rotatable bonds is 4. The van der Waals surface area contributed by atoms with Crippen LogP contribution in [-0.4, -0.2) is 22.9 Å². The SMILES string of the molecule is COc1ccc(F)c(C(=O)c2c[nH]c3ncc(-c4ccccc4)cc23)c1F. The number of ether oxygens (including phenoxy) is 1. The van der Waals surface area contributed by atoms with Crippen molar-refractivity contribution in [2.24, 2.45) is 0 Å². The zero-order chi connectivity index (χ0) is 19.0. The fourth-order valence-electron chi connectivity index (χ4n) is 3.01. The van der Waals surface area contributed by atoms with Crippen LogP contribution in [0.3, 0.4) is 0 Å². The maximum absolute atomic E-state index is 14.5. The van der Waals surface area contributed by atoms with Crippen LogP contribution in [0.5, 0.6) is 5.75 Å². The predicted molar refractivity (Wildman–Crippen MR) is 97.9 cm³/mol. The number of H-pyrrole nitrogens is 1. The number of ketones is 1. The standard InChI is InChI=1S/C21H14F2N2O2/c1-27-17-8-7-16(22)18(19(17)23)20(26)15-11-25-21-14(15)9-13(10-24-21)12-5-3-2-4-6-12/h2-11H,1H3,(H,24,25). The third-order valence-corrected chi connectivity index (χ3v) is 4.39. The zero-order valence-electron chi connectivity index (χ0n) is 14.3. The number of carbonyl (C=O) groups excluding carboxylic acids is 1. The molecule has 0 aliphatic carbocycles. The van der Waals surface area contributed by atoms with Crippen molar-refractivity contribution in [1.82, 2.24) is 9.97 Å². The van der Waals surface area contributed by atoms with Crippen molar-refractivity contribution in [2.75, 3.05) is 7.11 Å². The molecule has 4 rings (SSSR count). The first kappa shape index (κ1) is 16.9. The average molecular weight is 364 g/mol. The van der Waals surface area contributed by atoms with Crippen LogP contribution >= 0.6 is 0 Å². The van der Waals surface area contributed by atoms with E-state index in [0.717, 1.165) is 23.3 Å². The van der Waals surface area contributed by atoms with Crippen molar-refractivity contribution in [1.29, 1.82) is 0 Å². The predicted octanol–water partition coefficient (Wildman–Crippen LogP) is 4.75. The Bertz CT molecular complexity index is 1150. The van der Waals surface area contributed by atoms with E-state index in [1.54, 1.807) is 12.3 Å². The van der Waals surface area contributed by atoms with Gasteiger partial charge >= 0.3 is 0 Å². The minimum absolute atomic E-state index is 0.140. The second-order valence-corrected chi connectivity index (χ2v) is 5.96. The van der Waals surface area contributed by atoms with E-state index in [1.807, 2.05) is 30.3 Å². The molecule has 0 saturated carbocycles. The summed E-state index contributed by atoms with van der Waals surface area (Å²) in [6, 6.07) is 13.4. The zero-order valence-corrected chi connectivity index (χ0v) is 14.3. The van der Waals surface area contributed by atoms with Crippen LogP contribution in [0.1, 0.15) is 15.9 Å². The van der Waals surface area contributed by atoms with Gasteiger partial charge in [0.25, 0.3) is 0 Å². The molecule has 0 radical (unpaired) electrons. The van der Waals surface area contributed by atoms with E-state index in [1.165, 1.54) is 13.3 Å². The summed E-state index contributed by atoms with van der Waals surface area (Å²) in [4.78, 5) is 20.1. The highest BCUT2D eigenvalue weighted by Gasteiger charge is 2.24. The minimum Gasteiger partial charge on any atom is -0.494 e. The lowest BCUT2D eigenvalue weighted by Gasteiger charge is -2.08. The van der Waals surface area contributed by atoms with Crippen molar-refractivity contribution in [3.05, 3.63) is 83.7 Å². The highest BCUT2D eigenvalue weighted by atomic mass is 19.1.